The second kappa shape index (κ2) is 9.41. The fraction of sp³-hybridized carbons (Fsp3) is 0.480. The van der Waals surface area contributed by atoms with E-state index in [1.54, 1.807) is 20.3 Å². The van der Waals surface area contributed by atoms with Crippen LogP contribution in [0.25, 0.3) is 0 Å². The van der Waals surface area contributed by atoms with Gasteiger partial charge in [-0.3, -0.25) is 4.79 Å². The zero-order valence-electron chi connectivity index (χ0n) is 17.9. The van der Waals surface area contributed by atoms with Crippen LogP contribution in [-0.2, 0) is 0 Å². The lowest BCUT2D eigenvalue weighted by atomic mass is 10.1. The summed E-state index contributed by atoms with van der Waals surface area (Å²) in [7, 11) is 3.21. The molecule has 0 aromatic heterocycles. The topological polar surface area (TPSA) is 48.0 Å². The van der Waals surface area contributed by atoms with E-state index in [9.17, 15) is 4.79 Å². The number of benzene rings is 2. The number of carbonyl (C=O) groups is 1. The van der Waals surface area contributed by atoms with Gasteiger partial charge in [0.15, 0.2) is 11.5 Å². The molecule has 0 N–H and O–H groups in total. The SMILES string of the molecule is COc1ccc(Oc2ccc(C(=O)N(C3CCCC3)C3CCCC3)cc2)cc1OC. The molecule has 0 heterocycles. The monoisotopic (exact) mass is 409 g/mol. The molecule has 0 spiro atoms. The second-order valence-electron chi connectivity index (χ2n) is 8.23. The Morgan fingerprint density at radius 3 is 1.83 bits per heavy atom. The van der Waals surface area contributed by atoms with Gasteiger partial charge in [0, 0.05) is 23.7 Å². The summed E-state index contributed by atoms with van der Waals surface area (Å²) in [5.41, 5.74) is 0.744. The van der Waals surface area contributed by atoms with Gasteiger partial charge in [0.2, 0.25) is 0 Å². The van der Waals surface area contributed by atoms with Gasteiger partial charge >= 0.3 is 0 Å². The summed E-state index contributed by atoms with van der Waals surface area (Å²) >= 11 is 0. The van der Waals surface area contributed by atoms with Crippen LogP contribution in [-0.4, -0.2) is 37.1 Å². The lowest BCUT2D eigenvalue weighted by molar-refractivity contribution is 0.0580. The summed E-state index contributed by atoms with van der Waals surface area (Å²) in [5, 5.41) is 0. The van der Waals surface area contributed by atoms with Gasteiger partial charge in [-0.25, -0.2) is 0 Å². The first kappa shape index (κ1) is 20.6. The molecule has 4 rings (SSSR count). The van der Waals surface area contributed by atoms with Crippen molar-refractivity contribution in [1.82, 2.24) is 4.90 Å². The molecule has 5 nitrogen and oxygen atoms in total. The van der Waals surface area contributed by atoms with Gasteiger partial charge in [-0.15, -0.1) is 0 Å². The highest BCUT2D eigenvalue weighted by Gasteiger charge is 2.34. The average Bonchev–Trinajstić information content (AvgIpc) is 3.49. The minimum atomic E-state index is 0.173. The summed E-state index contributed by atoms with van der Waals surface area (Å²) in [6.45, 7) is 0. The van der Waals surface area contributed by atoms with Crippen molar-refractivity contribution in [1.29, 1.82) is 0 Å². The number of methoxy groups -OCH3 is 2. The number of amides is 1. The van der Waals surface area contributed by atoms with Gasteiger partial charge in [-0.05, 0) is 62.1 Å². The average molecular weight is 410 g/mol. The summed E-state index contributed by atoms with van der Waals surface area (Å²) in [6, 6.07) is 13.8. The van der Waals surface area contributed by atoms with E-state index in [2.05, 4.69) is 4.90 Å². The van der Waals surface area contributed by atoms with Crippen LogP contribution in [0.1, 0.15) is 61.7 Å². The summed E-state index contributed by atoms with van der Waals surface area (Å²) in [6.07, 6.45) is 9.51. The van der Waals surface area contributed by atoms with Crippen molar-refractivity contribution < 1.29 is 19.0 Å². The normalized spacial score (nSPS) is 17.1. The number of hydrogen-bond donors (Lipinski definition) is 0. The van der Waals surface area contributed by atoms with Crippen molar-refractivity contribution in [2.45, 2.75) is 63.5 Å². The Morgan fingerprint density at radius 2 is 1.30 bits per heavy atom. The molecule has 0 unspecified atom stereocenters. The molecule has 30 heavy (non-hydrogen) atoms. The third-order valence-electron chi connectivity index (χ3n) is 6.36. The molecule has 2 aliphatic rings. The molecule has 0 bridgehead atoms. The number of rotatable bonds is 7. The van der Waals surface area contributed by atoms with Crippen LogP contribution in [0.3, 0.4) is 0 Å². The molecular weight excluding hydrogens is 378 g/mol. The Kier molecular flexibility index (Phi) is 6.46. The lowest BCUT2D eigenvalue weighted by Gasteiger charge is -2.34. The van der Waals surface area contributed by atoms with E-state index < -0.39 is 0 Å². The van der Waals surface area contributed by atoms with Crippen LogP contribution in [0.5, 0.6) is 23.0 Å². The van der Waals surface area contributed by atoms with Crippen molar-refractivity contribution in [3.8, 4) is 23.0 Å². The fourth-order valence-corrected chi connectivity index (χ4v) is 4.83. The zero-order valence-corrected chi connectivity index (χ0v) is 17.9. The zero-order chi connectivity index (χ0) is 20.9. The predicted molar refractivity (Wildman–Crippen MR) is 117 cm³/mol. The molecule has 5 heteroatoms. The van der Waals surface area contributed by atoms with Gasteiger partial charge in [-0.1, -0.05) is 25.7 Å². The van der Waals surface area contributed by atoms with Crippen LogP contribution in [0, 0.1) is 0 Å². The van der Waals surface area contributed by atoms with E-state index in [-0.39, 0.29) is 5.91 Å². The van der Waals surface area contributed by atoms with Crippen molar-refractivity contribution in [2.24, 2.45) is 0 Å². The molecule has 0 atom stereocenters. The third-order valence-corrected chi connectivity index (χ3v) is 6.36. The van der Waals surface area contributed by atoms with Gasteiger partial charge in [-0.2, -0.15) is 0 Å². The van der Waals surface area contributed by atoms with E-state index in [0.717, 1.165) is 31.2 Å². The quantitative estimate of drug-likeness (QED) is 0.578. The number of nitrogens with zero attached hydrogens (tertiary/aromatic N) is 1. The molecule has 2 aromatic carbocycles. The Balaban J connectivity index is 1.48. The minimum absolute atomic E-state index is 0.173. The number of ether oxygens (including phenoxy) is 3. The van der Waals surface area contributed by atoms with Crippen molar-refractivity contribution in [3.63, 3.8) is 0 Å². The van der Waals surface area contributed by atoms with Crippen molar-refractivity contribution in [3.05, 3.63) is 48.0 Å². The van der Waals surface area contributed by atoms with Crippen LogP contribution in [0.15, 0.2) is 42.5 Å². The minimum Gasteiger partial charge on any atom is -0.493 e. The maximum atomic E-state index is 13.4. The largest absolute Gasteiger partial charge is 0.493 e. The highest BCUT2D eigenvalue weighted by Crippen LogP contribution is 2.35. The molecule has 2 fully saturated rings. The Morgan fingerprint density at radius 1 is 0.767 bits per heavy atom. The predicted octanol–water partition coefficient (Wildman–Crippen LogP) is 5.82. The molecular formula is C25H31NO4. The van der Waals surface area contributed by atoms with Crippen LogP contribution >= 0.6 is 0 Å². The van der Waals surface area contributed by atoms with Crippen molar-refractivity contribution >= 4 is 5.91 Å². The van der Waals surface area contributed by atoms with Crippen LogP contribution < -0.4 is 14.2 Å². The fourth-order valence-electron chi connectivity index (χ4n) is 4.83. The molecule has 0 aliphatic heterocycles. The molecule has 2 aromatic rings. The Bertz CT molecular complexity index is 836. The van der Waals surface area contributed by atoms with Gasteiger partial charge in [0.25, 0.3) is 5.91 Å². The molecule has 1 amide bonds. The van der Waals surface area contributed by atoms with Gasteiger partial charge < -0.3 is 19.1 Å². The third kappa shape index (κ3) is 4.40. The lowest BCUT2D eigenvalue weighted by Crippen LogP contribution is -2.45. The van der Waals surface area contributed by atoms with Crippen LogP contribution in [0.2, 0.25) is 0 Å². The molecule has 0 saturated heterocycles. The first-order chi connectivity index (χ1) is 14.7. The highest BCUT2D eigenvalue weighted by atomic mass is 16.5. The smallest absolute Gasteiger partial charge is 0.254 e. The molecule has 2 aliphatic carbocycles. The first-order valence-corrected chi connectivity index (χ1v) is 11.0. The molecule has 160 valence electrons. The van der Waals surface area contributed by atoms with Crippen LogP contribution in [0.4, 0.5) is 0 Å². The number of carbonyl (C=O) groups excluding carboxylic acids is 1. The van der Waals surface area contributed by atoms with E-state index in [1.165, 1.54) is 25.7 Å². The maximum absolute atomic E-state index is 13.4. The second-order valence-corrected chi connectivity index (χ2v) is 8.23. The number of hydrogen-bond acceptors (Lipinski definition) is 4. The van der Waals surface area contributed by atoms with E-state index >= 15 is 0 Å². The highest BCUT2D eigenvalue weighted by molar-refractivity contribution is 5.94. The van der Waals surface area contributed by atoms with E-state index in [1.807, 2.05) is 36.4 Å². The van der Waals surface area contributed by atoms with Crippen molar-refractivity contribution in [2.75, 3.05) is 14.2 Å². The summed E-state index contributed by atoms with van der Waals surface area (Å²) in [5.74, 6) is 2.79. The standard InChI is InChI=1S/C25H31NO4/c1-28-23-16-15-22(17-24(23)29-2)30-21-13-11-18(12-14-21)25(27)26(19-7-3-4-8-19)20-9-5-6-10-20/h11-17,19-20H,3-10H2,1-2H3. The van der Waals surface area contributed by atoms with E-state index in [4.69, 9.17) is 14.2 Å². The first-order valence-electron chi connectivity index (χ1n) is 11.0. The van der Waals surface area contributed by atoms with Gasteiger partial charge in [0.1, 0.15) is 11.5 Å². The summed E-state index contributed by atoms with van der Waals surface area (Å²) in [4.78, 5) is 15.6. The van der Waals surface area contributed by atoms with Gasteiger partial charge in [0.05, 0.1) is 14.2 Å². The van der Waals surface area contributed by atoms with E-state index in [0.29, 0.717) is 35.1 Å². The Hall–Kier alpha value is -2.69. The molecule has 0 radical (unpaired) electrons. The summed E-state index contributed by atoms with van der Waals surface area (Å²) < 4.78 is 16.6. The maximum Gasteiger partial charge on any atom is 0.254 e. The molecule has 2 saturated carbocycles. The Labute approximate surface area is 178 Å².